The summed E-state index contributed by atoms with van der Waals surface area (Å²) in [6, 6.07) is 4.74. The largest absolute Gasteiger partial charge is 0.496 e. The molecule has 20 heavy (non-hydrogen) atoms. The van der Waals surface area contributed by atoms with Crippen molar-refractivity contribution in [2.45, 2.75) is 13.0 Å². The van der Waals surface area contributed by atoms with E-state index in [1.165, 1.54) is 6.07 Å². The fourth-order valence-corrected chi connectivity index (χ4v) is 1.91. The molecule has 0 radical (unpaired) electrons. The summed E-state index contributed by atoms with van der Waals surface area (Å²) >= 11 is 0. The fourth-order valence-electron chi connectivity index (χ4n) is 1.91. The Kier molecular flexibility index (Phi) is 7.51. The molecule has 0 aliphatic carbocycles. The SMILES string of the molecule is COc1cccc(F)c1C(C)NCCOCCN(C)C. The minimum Gasteiger partial charge on any atom is -0.496 e. The maximum Gasteiger partial charge on any atom is 0.131 e. The van der Waals surface area contributed by atoms with Crippen LogP contribution in [0.15, 0.2) is 18.2 Å². The van der Waals surface area contributed by atoms with Crippen LogP contribution in [-0.2, 0) is 4.74 Å². The Morgan fingerprint density at radius 1 is 1.30 bits per heavy atom. The number of likely N-dealkylation sites (N-methyl/N-ethyl adjacent to an activating group) is 1. The maximum absolute atomic E-state index is 13.8. The summed E-state index contributed by atoms with van der Waals surface area (Å²) in [5.41, 5.74) is 0.559. The lowest BCUT2D eigenvalue weighted by atomic mass is 10.1. The normalized spacial score (nSPS) is 12.7. The molecule has 1 unspecified atom stereocenters. The van der Waals surface area contributed by atoms with Gasteiger partial charge in [-0.05, 0) is 33.2 Å². The Morgan fingerprint density at radius 2 is 2.05 bits per heavy atom. The van der Waals surface area contributed by atoms with Crippen LogP contribution < -0.4 is 10.1 Å². The van der Waals surface area contributed by atoms with Crippen molar-refractivity contribution in [1.82, 2.24) is 10.2 Å². The van der Waals surface area contributed by atoms with E-state index in [9.17, 15) is 4.39 Å². The van der Waals surface area contributed by atoms with Crippen molar-refractivity contribution in [3.05, 3.63) is 29.6 Å². The molecule has 1 aromatic rings. The van der Waals surface area contributed by atoms with Crippen LogP contribution in [0.3, 0.4) is 0 Å². The summed E-state index contributed by atoms with van der Waals surface area (Å²) in [6.45, 7) is 4.80. The van der Waals surface area contributed by atoms with Gasteiger partial charge in [-0.2, -0.15) is 0 Å². The Hall–Kier alpha value is -1.17. The predicted molar refractivity (Wildman–Crippen MR) is 78.7 cm³/mol. The molecule has 1 aromatic carbocycles. The molecule has 0 heterocycles. The lowest BCUT2D eigenvalue weighted by Crippen LogP contribution is -2.26. The molecule has 5 heteroatoms. The molecule has 0 aromatic heterocycles. The number of hydrogen-bond donors (Lipinski definition) is 1. The zero-order valence-corrected chi connectivity index (χ0v) is 12.8. The average molecular weight is 284 g/mol. The molecule has 4 nitrogen and oxygen atoms in total. The highest BCUT2D eigenvalue weighted by Crippen LogP contribution is 2.27. The zero-order chi connectivity index (χ0) is 15.0. The number of ether oxygens (including phenoxy) is 2. The van der Waals surface area contributed by atoms with Gasteiger partial charge in [-0.25, -0.2) is 4.39 Å². The maximum atomic E-state index is 13.8. The van der Waals surface area contributed by atoms with Crippen molar-refractivity contribution in [1.29, 1.82) is 0 Å². The fraction of sp³-hybridized carbons (Fsp3) is 0.600. The van der Waals surface area contributed by atoms with Gasteiger partial charge in [0, 0.05) is 24.7 Å². The molecule has 0 amide bonds. The third-order valence-corrected chi connectivity index (χ3v) is 3.05. The molecule has 0 aliphatic rings. The average Bonchev–Trinajstić information content (AvgIpc) is 2.41. The molecule has 1 N–H and O–H groups in total. The second kappa shape index (κ2) is 8.89. The van der Waals surface area contributed by atoms with Crippen LogP contribution in [0.4, 0.5) is 4.39 Å². The first kappa shape index (κ1) is 16.9. The number of methoxy groups -OCH3 is 1. The van der Waals surface area contributed by atoms with Crippen molar-refractivity contribution in [3.63, 3.8) is 0 Å². The van der Waals surface area contributed by atoms with Gasteiger partial charge in [-0.3, -0.25) is 0 Å². The van der Waals surface area contributed by atoms with Gasteiger partial charge in [0.2, 0.25) is 0 Å². The highest BCUT2D eigenvalue weighted by molar-refractivity contribution is 5.36. The van der Waals surface area contributed by atoms with E-state index in [1.807, 2.05) is 21.0 Å². The lowest BCUT2D eigenvalue weighted by Gasteiger charge is -2.18. The molecular weight excluding hydrogens is 259 g/mol. The standard InChI is InChI=1S/C15H25FN2O2/c1-12(17-8-10-20-11-9-18(2)3)15-13(16)6-5-7-14(15)19-4/h5-7,12,17H,8-11H2,1-4H3. The van der Waals surface area contributed by atoms with Crippen LogP contribution in [0, 0.1) is 5.82 Å². The van der Waals surface area contributed by atoms with E-state index in [-0.39, 0.29) is 11.9 Å². The number of nitrogens with one attached hydrogen (secondary N) is 1. The smallest absolute Gasteiger partial charge is 0.131 e. The molecule has 114 valence electrons. The molecule has 0 fully saturated rings. The van der Waals surface area contributed by atoms with E-state index in [0.29, 0.717) is 31.1 Å². The predicted octanol–water partition coefficient (Wildman–Crippen LogP) is 2.06. The number of benzene rings is 1. The van der Waals surface area contributed by atoms with Crippen LogP contribution >= 0.6 is 0 Å². The third-order valence-electron chi connectivity index (χ3n) is 3.05. The minimum atomic E-state index is -0.252. The summed E-state index contributed by atoms with van der Waals surface area (Å²) in [4.78, 5) is 2.07. The van der Waals surface area contributed by atoms with Gasteiger partial charge < -0.3 is 19.7 Å². The molecule has 0 aliphatic heterocycles. The Balaban J connectivity index is 2.38. The first-order chi connectivity index (χ1) is 9.56. The van der Waals surface area contributed by atoms with Crippen molar-refractivity contribution < 1.29 is 13.9 Å². The molecule has 0 spiro atoms. The Labute approximate surface area is 120 Å². The number of halogens is 1. The first-order valence-electron chi connectivity index (χ1n) is 6.84. The molecule has 1 rings (SSSR count). The summed E-state index contributed by atoms with van der Waals surface area (Å²) in [7, 11) is 5.57. The molecular formula is C15H25FN2O2. The highest BCUT2D eigenvalue weighted by atomic mass is 19.1. The number of hydrogen-bond acceptors (Lipinski definition) is 4. The summed E-state index contributed by atoms with van der Waals surface area (Å²) < 4.78 is 24.5. The van der Waals surface area contributed by atoms with Gasteiger partial charge in [0.15, 0.2) is 0 Å². The van der Waals surface area contributed by atoms with Crippen LogP contribution in [0.2, 0.25) is 0 Å². The highest BCUT2D eigenvalue weighted by Gasteiger charge is 2.15. The summed E-state index contributed by atoms with van der Waals surface area (Å²) in [5.74, 6) is 0.316. The summed E-state index contributed by atoms with van der Waals surface area (Å²) in [6.07, 6.45) is 0. The van der Waals surface area contributed by atoms with Gasteiger partial charge in [-0.1, -0.05) is 6.07 Å². The molecule has 0 saturated carbocycles. The first-order valence-corrected chi connectivity index (χ1v) is 6.84. The van der Waals surface area contributed by atoms with Crippen molar-refractivity contribution >= 4 is 0 Å². The minimum absolute atomic E-state index is 0.122. The van der Waals surface area contributed by atoms with E-state index in [1.54, 1.807) is 19.2 Å². The second-order valence-electron chi connectivity index (χ2n) is 4.95. The van der Waals surface area contributed by atoms with Crippen molar-refractivity contribution in [2.24, 2.45) is 0 Å². The monoisotopic (exact) mass is 284 g/mol. The van der Waals surface area contributed by atoms with E-state index in [2.05, 4.69) is 10.2 Å². The van der Waals surface area contributed by atoms with E-state index in [0.717, 1.165) is 6.54 Å². The number of nitrogens with zero attached hydrogens (tertiary/aromatic N) is 1. The quantitative estimate of drug-likeness (QED) is 0.704. The van der Waals surface area contributed by atoms with Gasteiger partial charge in [-0.15, -0.1) is 0 Å². The van der Waals surface area contributed by atoms with Crippen LogP contribution in [-0.4, -0.2) is 52.4 Å². The number of rotatable bonds is 9. The zero-order valence-electron chi connectivity index (χ0n) is 12.8. The van der Waals surface area contributed by atoms with Crippen LogP contribution in [0.25, 0.3) is 0 Å². The molecule has 1 atom stereocenters. The van der Waals surface area contributed by atoms with Crippen molar-refractivity contribution in [3.8, 4) is 5.75 Å². The topological polar surface area (TPSA) is 33.7 Å². The Morgan fingerprint density at radius 3 is 2.70 bits per heavy atom. The molecule has 0 saturated heterocycles. The van der Waals surface area contributed by atoms with E-state index in [4.69, 9.17) is 9.47 Å². The van der Waals surface area contributed by atoms with Crippen LogP contribution in [0.5, 0.6) is 5.75 Å². The van der Waals surface area contributed by atoms with E-state index < -0.39 is 0 Å². The van der Waals surface area contributed by atoms with Crippen molar-refractivity contribution in [2.75, 3.05) is 47.5 Å². The van der Waals surface area contributed by atoms with E-state index >= 15 is 0 Å². The van der Waals surface area contributed by atoms with Gasteiger partial charge in [0.05, 0.1) is 20.3 Å². The summed E-state index contributed by atoms with van der Waals surface area (Å²) in [5, 5.41) is 3.24. The molecule has 0 bridgehead atoms. The third kappa shape index (κ3) is 5.45. The lowest BCUT2D eigenvalue weighted by molar-refractivity contribution is 0.117. The Bertz CT molecular complexity index is 399. The van der Waals surface area contributed by atoms with Crippen LogP contribution in [0.1, 0.15) is 18.5 Å². The van der Waals surface area contributed by atoms with Gasteiger partial charge >= 0.3 is 0 Å². The van der Waals surface area contributed by atoms with Gasteiger partial charge in [0.1, 0.15) is 11.6 Å². The van der Waals surface area contributed by atoms with Gasteiger partial charge in [0.25, 0.3) is 0 Å². The second-order valence-corrected chi connectivity index (χ2v) is 4.95.